The number of hydrogen-bond donors (Lipinski definition) is 2. The zero-order chi connectivity index (χ0) is 13.4. The molecule has 0 radical (unpaired) electrons. The predicted molar refractivity (Wildman–Crippen MR) is 71.7 cm³/mol. The van der Waals surface area contributed by atoms with Gasteiger partial charge in [0.25, 0.3) is 10.1 Å². The Balaban J connectivity index is 2.13. The van der Waals surface area contributed by atoms with Gasteiger partial charge in [0.15, 0.2) is 0 Å². The van der Waals surface area contributed by atoms with E-state index in [-0.39, 0.29) is 17.1 Å². The Bertz CT molecular complexity index is 381. The largest absolute Gasteiger partial charge is 0.330 e. The summed E-state index contributed by atoms with van der Waals surface area (Å²) in [4.78, 5) is 0. The van der Waals surface area contributed by atoms with Crippen LogP contribution in [0.1, 0.15) is 45.4 Å². The lowest BCUT2D eigenvalue weighted by atomic mass is 9.57. The van der Waals surface area contributed by atoms with Crippen LogP contribution < -0.4 is 5.73 Å². The fourth-order valence-corrected chi connectivity index (χ4v) is 5.36. The highest BCUT2D eigenvalue weighted by Crippen LogP contribution is 2.52. The van der Waals surface area contributed by atoms with Crippen molar-refractivity contribution in [1.29, 1.82) is 0 Å². The molecule has 0 spiro atoms. The highest BCUT2D eigenvalue weighted by molar-refractivity contribution is 7.85. The summed E-state index contributed by atoms with van der Waals surface area (Å²) in [7, 11) is -3.93. The highest BCUT2D eigenvalue weighted by Gasteiger charge is 2.44. The SMILES string of the molecule is CC1(C(CN)CS(=O)(=O)O)CC2CCCC(C2)C1. The summed E-state index contributed by atoms with van der Waals surface area (Å²) in [6.45, 7) is 2.51. The van der Waals surface area contributed by atoms with Crippen LogP contribution in [-0.2, 0) is 10.1 Å². The van der Waals surface area contributed by atoms with Crippen molar-refractivity contribution in [2.45, 2.75) is 45.4 Å². The summed E-state index contributed by atoms with van der Waals surface area (Å²) in [6.07, 6.45) is 7.31. The van der Waals surface area contributed by atoms with E-state index >= 15 is 0 Å². The van der Waals surface area contributed by atoms with E-state index in [0.717, 1.165) is 24.7 Å². The third-order valence-corrected chi connectivity index (χ3v) is 5.91. The molecule has 0 saturated heterocycles. The number of hydrogen-bond acceptors (Lipinski definition) is 3. The van der Waals surface area contributed by atoms with Gasteiger partial charge in [-0.3, -0.25) is 4.55 Å². The van der Waals surface area contributed by atoms with Crippen LogP contribution in [0, 0.1) is 23.2 Å². The Morgan fingerprint density at radius 1 is 1.33 bits per heavy atom. The van der Waals surface area contributed by atoms with Crippen molar-refractivity contribution in [3.8, 4) is 0 Å². The second-order valence-electron chi connectivity index (χ2n) is 6.64. The summed E-state index contributed by atoms with van der Waals surface area (Å²) in [5, 5.41) is 0. The van der Waals surface area contributed by atoms with Gasteiger partial charge in [0.1, 0.15) is 0 Å². The lowest BCUT2D eigenvalue weighted by Crippen LogP contribution is -2.44. The normalized spacial score (nSPS) is 38.4. The van der Waals surface area contributed by atoms with Crippen molar-refractivity contribution in [2.24, 2.45) is 28.9 Å². The first-order valence-electron chi connectivity index (χ1n) is 6.97. The van der Waals surface area contributed by atoms with E-state index in [4.69, 9.17) is 10.3 Å². The van der Waals surface area contributed by atoms with Crippen LogP contribution in [0.5, 0.6) is 0 Å². The molecular weight excluding hydrogens is 250 g/mol. The molecule has 0 aromatic carbocycles. The van der Waals surface area contributed by atoms with Gasteiger partial charge in [-0.15, -0.1) is 0 Å². The molecule has 3 N–H and O–H groups in total. The lowest BCUT2D eigenvalue weighted by Gasteiger charge is -2.49. The molecule has 0 aromatic heterocycles. The molecule has 2 fully saturated rings. The van der Waals surface area contributed by atoms with E-state index in [1.54, 1.807) is 0 Å². The van der Waals surface area contributed by atoms with Crippen molar-refractivity contribution < 1.29 is 13.0 Å². The topological polar surface area (TPSA) is 80.4 Å². The van der Waals surface area contributed by atoms with E-state index in [9.17, 15) is 8.42 Å². The summed E-state index contributed by atoms with van der Waals surface area (Å²) >= 11 is 0. The zero-order valence-electron chi connectivity index (χ0n) is 11.1. The van der Waals surface area contributed by atoms with E-state index < -0.39 is 10.1 Å². The molecule has 3 unspecified atom stereocenters. The molecule has 2 rings (SSSR count). The minimum atomic E-state index is -3.93. The van der Waals surface area contributed by atoms with E-state index in [0.29, 0.717) is 6.54 Å². The minimum absolute atomic E-state index is 0.0153. The van der Waals surface area contributed by atoms with Crippen molar-refractivity contribution in [1.82, 2.24) is 0 Å². The number of fused-ring (bicyclic) bond motifs is 2. The van der Waals surface area contributed by atoms with Crippen molar-refractivity contribution in [3.05, 3.63) is 0 Å². The molecule has 0 heterocycles. The van der Waals surface area contributed by atoms with Crippen LogP contribution in [0.15, 0.2) is 0 Å². The van der Waals surface area contributed by atoms with E-state index in [2.05, 4.69) is 6.92 Å². The molecule has 2 aliphatic rings. The monoisotopic (exact) mass is 275 g/mol. The average molecular weight is 275 g/mol. The van der Waals surface area contributed by atoms with Crippen LogP contribution in [-0.4, -0.2) is 25.3 Å². The van der Waals surface area contributed by atoms with Crippen molar-refractivity contribution >= 4 is 10.1 Å². The molecule has 18 heavy (non-hydrogen) atoms. The maximum atomic E-state index is 11.1. The summed E-state index contributed by atoms with van der Waals surface area (Å²) in [6, 6.07) is 0. The van der Waals surface area contributed by atoms with Gasteiger partial charge >= 0.3 is 0 Å². The molecule has 2 aliphatic carbocycles. The smallest absolute Gasteiger partial charge is 0.265 e. The molecule has 2 bridgehead atoms. The van der Waals surface area contributed by atoms with Gasteiger partial charge in [0.2, 0.25) is 0 Å². The molecular formula is C13H25NO3S. The number of rotatable bonds is 4. The molecule has 106 valence electrons. The van der Waals surface area contributed by atoms with Gasteiger partial charge in [-0.05, 0) is 49.0 Å². The summed E-state index contributed by atoms with van der Waals surface area (Å²) in [5.74, 6) is 1.17. The molecule has 0 amide bonds. The van der Waals surface area contributed by atoms with Crippen LogP contribution in [0.2, 0.25) is 0 Å². The predicted octanol–water partition coefficient (Wildman–Crippen LogP) is 2.06. The van der Waals surface area contributed by atoms with Gasteiger partial charge in [0, 0.05) is 0 Å². The average Bonchev–Trinajstić information content (AvgIpc) is 2.23. The first kappa shape index (κ1) is 14.3. The maximum Gasteiger partial charge on any atom is 0.265 e. The second kappa shape index (κ2) is 5.10. The van der Waals surface area contributed by atoms with Crippen LogP contribution in [0.25, 0.3) is 0 Å². The second-order valence-corrected chi connectivity index (χ2v) is 8.14. The van der Waals surface area contributed by atoms with Crippen LogP contribution in [0.3, 0.4) is 0 Å². The van der Waals surface area contributed by atoms with Gasteiger partial charge in [-0.25, -0.2) is 0 Å². The lowest BCUT2D eigenvalue weighted by molar-refractivity contribution is 0.0306. The van der Waals surface area contributed by atoms with Gasteiger partial charge in [-0.2, -0.15) is 8.42 Å². The van der Waals surface area contributed by atoms with Crippen molar-refractivity contribution in [2.75, 3.05) is 12.3 Å². The van der Waals surface area contributed by atoms with Crippen molar-refractivity contribution in [3.63, 3.8) is 0 Å². The molecule has 2 saturated carbocycles. The van der Waals surface area contributed by atoms with Gasteiger partial charge in [0.05, 0.1) is 5.75 Å². The molecule has 3 atom stereocenters. The Hall–Kier alpha value is -0.130. The van der Waals surface area contributed by atoms with E-state index in [1.807, 2.05) is 0 Å². The Kier molecular flexibility index (Phi) is 4.04. The molecule has 0 aliphatic heterocycles. The standard InChI is InChI=1S/C13H25NO3S/c1-13(12(8-14)9-18(15,16)17)6-10-3-2-4-11(5-10)7-13/h10-12H,2-9,14H2,1H3,(H,15,16,17). The van der Waals surface area contributed by atoms with E-state index in [1.165, 1.54) is 25.7 Å². The Morgan fingerprint density at radius 2 is 1.89 bits per heavy atom. The number of nitrogens with two attached hydrogens (primary N) is 1. The first-order valence-corrected chi connectivity index (χ1v) is 8.58. The molecule has 5 heteroatoms. The fourth-order valence-electron chi connectivity index (χ4n) is 4.32. The summed E-state index contributed by atoms with van der Waals surface area (Å²) < 4.78 is 31.3. The third-order valence-electron chi connectivity index (χ3n) is 5.08. The van der Waals surface area contributed by atoms with Gasteiger partial charge in [-0.1, -0.05) is 26.2 Å². The van der Waals surface area contributed by atoms with Crippen LogP contribution in [0.4, 0.5) is 0 Å². The third kappa shape index (κ3) is 3.25. The Morgan fingerprint density at radius 3 is 2.33 bits per heavy atom. The summed E-state index contributed by atoms with van der Waals surface area (Å²) in [5.41, 5.74) is 5.76. The quantitative estimate of drug-likeness (QED) is 0.770. The highest BCUT2D eigenvalue weighted by atomic mass is 32.2. The first-order chi connectivity index (χ1) is 8.32. The fraction of sp³-hybridized carbons (Fsp3) is 1.00. The molecule has 0 aromatic rings. The Labute approximate surface area is 110 Å². The zero-order valence-corrected chi connectivity index (χ0v) is 12.0. The minimum Gasteiger partial charge on any atom is -0.330 e. The molecule has 4 nitrogen and oxygen atoms in total. The maximum absolute atomic E-state index is 11.1. The van der Waals surface area contributed by atoms with Gasteiger partial charge < -0.3 is 5.73 Å². The van der Waals surface area contributed by atoms with Crippen LogP contribution >= 0.6 is 0 Å².